The summed E-state index contributed by atoms with van der Waals surface area (Å²) in [5.74, 6) is 0. The summed E-state index contributed by atoms with van der Waals surface area (Å²) in [5, 5.41) is 4.66. The third-order valence-corrected chi connectivity index (χ3v) is 9.99. The van der Waals surface area contributed by atoms with E-state index in [0.29, 0.717) is 0 Å². The Labute approximate surface area is 291 Å². The number of hydrogen-bond acceptors (Lipinski definition) is 2. The second-order valence-electron chi connectivity index (χ2n) is 13.1. The first-order valence-electron chi connectivity index (χ1n) is 17.2. The molecule has 0 saturated carbocycles. The van der Waals surface area contributed by atoms with Crippen molar-refractivity contribution >= 4 is 55.8 Å². The molecular formula is C47H36N2O. The maximum absolute atomic E-state index is 6.63. The summed E-state index contributed by atoms with van der Waals surface area (Å²) in [7, 11) is 2.16. The predicted octanol–water partition coefficient (Wildman–Crippen LogP) is 10.6. The van der Waals surface area contributed by atoms with Gasteiger partial charge in [0.2, 0.25) is 0 Å². The first-order valence-corrected chi connectivity index (χ1v) is 17.2. The Morgan fingerprint density at radius 3 is 2.12 bits per heavy atom. The van der Waals surface area contributed by atoms with Gasteiger partial charge in [-0.2, -0.15) is 0 Å². The number of hydrogen-bond donors (Lipinski definition) is 0. The van der Waals surface area contributed by atoms with Crippen LogP contribution in [0.2, 0.25) is 0 Å². The monoisotopic (exact) mass is 644 g/mol. The molecule has 0 spiro atoms. The molecule has 50 heavy (non-hydrogen) atoms. The molecular weight excluding hydrogens is 609 g/mol. The fraction of sp³-hybridized carbons (Fsp3) is 0.0638. The van der Waals surface area contributed by atoms with E-state index in [1.54, 1.807) is 0 Å². The summed E-state index contributed by atoms with van der Waals surface area (Å²) in [4.78, 5) is 2.31. The smallest absolute Gasteiger partial charge is 0.137 e. The number of benzene rings is 6. The van der Waals surface area contributed by atoms with Gasteiger partial charge in [-0.3, -0.25) is 0 Å². The summed E-state index contributed by atoms with van der Waals surface area (Å²) in [6.07, 6.45) is 8.52. The average Bonchev–Trinajstić information content (AvgIpc) is 3.69. The molecule has 0 unspecified atom stereocenters. The van der Waals surface area contributed by atoms with Crippen LogP contribution in [0.25, 0.3) is 66.9 Å². The third kappa shape index (κ3) is 4.82. The molecule has 1 aliphatic heterocycles. The molecule has 0 amide bonds. The number of anilines is 1. The number of allylic oxidation sites excluding steroid dienone is 2. The molecule has 8 aromatic rings. The Morgan fingerprint density at radius 2 is 1.30 bits per heavy atom. The fourth-order valence-electron chi connectivity index (χ4n) is 7.52. The molecule has 3 nitrogen and oxygen atoms in total. The van der Waals surface area contributed by atoms with Gasteiger partial charge >= 0.3 is 0 Å². The molecule has 3 heteroatoms. The Bertz CT molecular complexity index is 2780. The highest BCUT2D eigenvalue weighted by Crippen LogP contribution is 2.39. The lowest BCUT2D eigenvalue weighted by Crippen LogP contribution is -2.32. The minimum atomic E-state index is 0.845. The predicted molar refractivity (Wildman–Crippen MR) is 211 cm³/mol. The molecule has 0 aliphatic carbocycles. The van der Waals surface area contributed by atoms with Crippen molar-refractivity contribution in [2.24, 2.45) is 0 Å². The molecule has 2 aromatic heterocycles. The third-order valence-electron chi connectivity index (χ3n) is 9.99. The van der Waals surface area contributed by atoms with E-state index < -0.39 is 0 Å². The summed E-state index contributed by atoms with van der Waals surface area (Å²) < 4.78 is 8.99. The van der Waals surface area contributed by atoms with E-state index in [1.165, 1.54) is 55.3 Å². The topological polar surface area (TPSA) is 21.3 Å². The van der Waals surface area contributed by atoms with Crippen LogP contribution >= 0.6 is 0 Å². The molecule has 6 aromatic carbocycles. The van der Waals surface area contributed by atoms with Gasteiger partial charge in [0.25, 0.3) is 0 Å². The van der Waals surface area contributed by atoms with Crippen molar-refractivity contribution in [3.05, 3.63) is 185 Å². The van der Waals surface area contributed by atoms with Crippen LogP contribution in [0.5, 0.6) is 0 Å². The largest absolute Gasteiger partial charge is 0.456 e. The van der Waals surface area contributed by atoms with Crippen LogP contribution in [0, 0.1) is 6.92 Å². The van der Waals surface area contributed by atoms with Crippen LogP contribution in [0.3, 0.4) is 0 Å². The maximum atomic E-state index is 6.63. The SMILES string of the molecule is C\C=C/C=c1/oc2ccc(-c3ccc4c(c3)c3ccccc3n4-c3ccccc3)cc2/c1=C1\C=C(c2ccc(C)cc2)c2ccccc2N1C. The van der Waals surface area contributed by atoms with Crippen molar-refractivity contribution in [2.45, 2.75) is 13.8 Å². The van der Waals surface area contributed by atoms with E-state index in [0.717, 1.165) is 38.6 Å². The highest BCUT2D eigenvalue weighted by Gasteiger charge is 2.23. The van der Waals surface area contributed by atoms with E-state index in [1.807, 2.05) is 13.0 Å². The number of fused-ring (bicyclic) bond motifs is 5. The maximum Gasteiger partial charge on any atom is 0.137 e. The van der Waals surface area contributed by atoms with Crippen LogP contribution in [0.4, 0.5) is 5.69 Å². The van der Waals surface area contributed by atoms with Crippen LogP contribution in [0.15, 0.2) is 162 Å². The van der Waals surface area contributed by atoms with Gasteiger partial charge in [0.05, 0.1) is 21.9 Å². The van der Waals surface area contributed by atoms with E-state index in [-0.39, 0.29) is 0 Å². The Hall–Kier alpha value is -6.32. The number of nitrogens with zero attached hydrogens (tertiary/aromatic N) is 2. The van der Waals surface area contributed by atoms with Gasteiger partial charge in [0, 0.05) is 40.1 Å². The summed E-state index contributed by atoms with van der Waals surface area (Å²) in [5.41, 5.74) is 14.7. The highest BCUT2D eigenvalue weighted by molar-refractivity contribution is 6.10. The number of furan rings is 1. The molecule has 1 aliphatic rings. The van der Waals surface area contributed by atoms with Crippen molar-refractivity contribution < 1.29 is 4.42 Å². The molecule has 0 radical (unpaired) electrons. The van der Waals surface area contributed by atoms with E-state index >= 15 is 0 Å². The fourth-order valence-corrected chi connectivity index (χ4v) is 7.52. The second-order valence-corrected chi connectivity index (χ2v) is 13.1. The van der Waals surface area contributed by atoms with Gasteiger partial charge in [-0.25, -0.2) is 0 Å². The molecule has 0 saturated heterocycles. The van der Waals surface area contributed by atoms with Crippen LogP contribution < -0.4 is 15.5 Å². The number of rotatable bonds is 4. The normalized spacial score (nSPS) is 14.7. The minimum Gasteiger partial charge on any atom is -0.456 e. The standard InChI is InChI=1S/C47H36N2O/c1-4-5-19-46-47(44-30-38(32-22-20-31(2)21-23-32)36-15-9-11-17-41(36)48(44)3)40-29-34(25-27-45(40)50-46)33-24-26-43-39(28-33)37-16-10-12-18-42(37)49(43)35-13-7-6-8-14-35/h4-30H,1-3H3/b5-4-,46-19+,47-44-. The zero-order valence-electron chi connectivity index (χ0n) is 28.4. The van der Waals surface area contributed by atoms with Gasteiger partial charge in [0.1, 0.15) is 11.0 Å². The summed E-state index contributed by atoms with van der Waals surface area (Å²) in [6, 6.07) is 50.3. The Balaban J connectivity index is 1.30. The molecule has 9 rings (SSSR count). The van der Waals surface area contributed by atoms with Gasteiger partial charge < -0.3 is 13.9 Å². The number of aryl methyl sites for hydroxylation is 1. The molecule has 0 atom stereocenters. The first kappa shape index (κ1) is 29.8. The van der Waals surface area contributed by atoms with Crippen molar-refractivity contribution in [1.29, 1.82) is 0 Å². The lowest BCUT2D eigenvalue weighted by Gasteiger charge is -2.30. The van der Waals surface area contributed by atoms with Crippen molar-refractivity contribution in [3.8, 4) is 16.8 Å². The lowest BCUT2D eigenvalue weighted by molar-refractivity contribution is 0.575. The van der Waals surface area contributed by atoms with E-state index in [9.17, 15) is 0 Å². The molecule has 0 N–H and O–H groups in total. The van der Waals surface area contributed by atoms with Gasteiger partial charge in [-0.05, 0) is 96.8 Å². The Kier molecular flexibility index (Phi) is 7.14. The zero-order chi connectivity index (χ0) is 33.8. The van der Waals surface area contributed by atoms with E-state index in [2.05, 4.69) is 181 Å². The van der Waals surface area contributed by atoms with Crippen LogP contribution in [-0.4, -0.2) is 11.6 Å². The van der Waals surface area contributed by atoms with Crippen molar-refractivity contribution in [3.63, 3.8) is 0 Å². The first-order chi connectivity index (χ1) is 24.6. The summed E-state index contributed by atoms with van der Waals surface area (Å²) >= 11 is 0. The van der Waals surface area contributed by atoms with Crippen molar-refractivity contribution in [1.82, 2.24) is 4.57 Å². The quantitative estimate of drug-likeness (QED) is 0.190. The van der Waals surface area contributed by atoms with Crippen LogP contribution in [-0.2, 0) is 0 Å². The number of aromatic nitrogens is 1. The second kappa shape index (κ2) is 12.0. The van der Waals surface area contributed by atoms with Gasteiger partial charge in [-0.15, -0.1) is 0 Å². The lowest BCUT2D eigenvalue weighted by atomic mass is 9.91. The van der Waals surface area contributed by atoms with Gasteiger partial charge in [0.15, 0.2) is 0 Å². The molecule has 3 heterocycles. The number of likely N-dealkylation sites (N-methyl/N-ethyl adjacent to an activating group) is 1. The highest BCUT2D eigenvalue weighted by atomic mass is 16.3. The molecule has 0 bridgehead atoms. The zero-order valence-corrected chi connectivity index (χ0v) is 28.4. The summed E-state index contributed by atoms with van der Waals surface area (Å²) in [6.45, 7) is 4.17. The van der Waals surface area contributed by atoms with Crippen LogP contribution in [0.1, 0.15) is 23.6 Å². The minimum absolute atomic E-state index is 0.845. The van der Waals surface area contributed by atoms with E-state index in [4.69, 9.17) is 4.42 Å². The molecule has 0 fully saturated rings. The molecule has 240 valence electrons. The average molecular weight is 645 g/mol. The van der Waals surface area contributed by atoms with Gasteiger partial charge in [-0.1, -0.05) is 109 Å². The number of para-hydroxylation sites is 3. The Morgan fingerprint density at radius 1 is 0.620 bits per heavy atom. The van der Waals surface area contributed by atoms with Crippen molar-refractivity contribution in [2.75, 3.05) is 11.9 Å².